The number of halogens is 2. The van der Waals surface area contributed by atoms with E-state index in [1.54, 1.807) is 0 Å². The van der Waals surface area contributed by atoms with Gasteiger partial charge in [0.1, 0.15) is 0 Å². The summed E-state index contributed by atoms with van der Waals surface area (Å²) in [7, 11) is 0. The van der Waals surface area contributed by atoms with Gasteiger partial charge in [0.2, 0.25) is 0 Å². The first kappa shape index (κ1) is 21.5. The van der Waals surface area contributed by atoms with Crippen LogP contribution in [-0.2, 0) is 0 Å². The number of aryl methyl sites for hydroxylation is 2. The molecule has 0 bridgehead atoms. The summed E-state index contributed by atoms with van der Waals surface area (Å²) in [6.45, 7) is 11.4. The number of benzene rings is 2. The second-order valence-electron chi connectivity index (χ2n) is 6.84. The van der Waals surface area contributed by atoms with Gasteiger partial charge < -0.3 is 15.1 Å². The molecule has 2 aromatic carbocycles. The van der Waals surface area contributed by atoms with E-state index < -0.39 is 0 Å². The lowest BCUT2D eigenvalue weighted by Crippen LogP contribution is -2.46. The molecule has 1 heterocycles. The third-order valence-corrected chi connectivity index (χ3v) is 5.44. The summed E-state index contributed by atoms with van der Waals surface area (Å²) in [5.41, 5.74) is 4.69. The van der Waals surface area contributed by atoms with Crippen LogP contribution in [0.1, 0.15) is 28.4 Å². The minimum atomic E-state index is -0.117. The zero-order valence-electron chi connectivity index (χ0n) is 16.1. The van der Waals surface area contributed by atoms with Gasteiger partial charge >= 0.3 is 0 Å². The SMILES string of the molecule is CCN1CCN(c2ccc(NC(=O)c3ccc(C)c(C)c3)cc2Cl)CC1.Cl. The third kappa shape index (κ3) is 5.16. The Labute approximate surface area is 172 Å². The predicted molar refractivity (Wildman–Crippen MR) is 117 cm³/mol. The van der Waals surface area contributed by atoms with E-state index in [0.29, 0.717) is 16.3 Å². The molecule has 146 valence electrons. The van der Waals surface area contributed by atoms with Crippen molar-refractivity contribution in [3.63, 3.8) is 0 Å². The number of hydrogen-bond acceptors (Lipinski definition) is 3. The lowest BCUT2D eigenvalue weighted by Gasteiger charge is -2.36. The molecule has 0 saturated carbocycles. The second kappa shape index (κ2) is 9.45. The van der Waals surface area contributed by atoms with Gasteiger partial charge in [-0.15, -0.1) is 12.4 Å². The van der Waals surface area contributed by atoms with E-state index in [1.807, 2.05) is 50.2 Å². The number of likely N-dealkylation sites (N-methyl/N-ethyl adjacent to an activating group) is 1. The Morgan fingerprint density at radius 1 is 1.04 bits per heavy atom. The highest BCUT2D eigenvalue weighted by molar-refractivity contribution is 6.33. The Balaban J connectivity index is 0.00000261. The first-order chi connectivity index (χ1) is 12.5. The van der Waals surface area contributed by atoms with Crippen molar-refractivity contribution in [1.82, 2.24) is 4.90 Å². The largest absolute Gasteiger partial charge is 0.368 e. The van der Waals surface area contributed by atoms with Crippen LogP contribution in [0.5, 0.6) is 0 Å². The predicted octanol–water partition coefficient (Wildman–Crippen LogP) is 4.77. The summed E-state index contributed by atoms with van der Waals surface area (Å²) in [4.78, 5) is 17.2. The molecule has 1 fully saturated rings. The quantitative estimate of drug-likeness (QED) is 0.792. The van der Waals surface area contributed by atoms with Crippen LogP contribution in [0.4, 0.5) is 11.4 Å². The molecule has 0 atom stereocenters. The highest BCUT2D eigenvalue weighted by Crippen LogP contribution is 2.30. The maximum Gasteiger partial charge on any atom is 0.255 e. The number of piperazine rings is 1. The minimum Gasteiger partial charge on any atom is -0.368 e. The molecule has 0 radical (unpaired) electrons. The van der Waals surface area contributed by atoms with Crippen molar-refractivity contribution in [2.75, 3.05) is 42.9 Å². The second-order valence-corrected chi connectivity index (χ2v) is 7.25. The van der Waals surface area contributed by atoms with Gasteiger partial charge in [-0.1, -0.05) is 24.6 Å². The molecule has 0 unspecified atom stereocenters. The molecule has 2 aromatic rings. The molecule has 1 N–H and O–H groups in total. The molecule has 1 saturated heterocycles. The van der Waals surface area contributed by atoms with E-state index in [1.165, 1.54) is 5.56 Å². The first-order valence-corrected chi connectivity index (χ1v) is 9.51. The van der Waals surface area contributed by atoms with Crippen molar-refractivity contribution in [3.05, 3.63) is 58.1 Å². The van der Waals surface area contributed by atoms with Crippen LogP contribution >= 0.6 is 24.0 Å². The molecule has 3 rings (SSSR count). The summed E-state index contributed by atoms with van der Waals surface area (Å²) in [5, 5.41) is 3.62. The van der Waals surface area contributed by atoms with E-state index in [4.69, 9.17) is 11.6 Å². The molecule has 0 spiro atoms. The molecule has 1 aliphatic rings. The van der Waals surface area contributed by atoms with Crippen LogP contribution in [0.2, 0.25) is 5.02 Å². The lowest BCUT2D eigenvalue weighted by atomic mass is 10.1. The molecule has 0 aromatic heterocycles. The van der Waals surface area contributed by atoms with E-state index >= 15 is 0 Å². The summed E-state index contributed by atoms with van der Waals surface area (Å²) in [6.07, 6.45) is 0. The molecule has 0 aliphatic carbocycles. The molecule has 6 heteroatoms. The fourth-order valence-corrected chi connectivity index (χ4v) is 3.53. The van der Waals surface area contributed by atoms with Crippen molar-refractivity contribution < 1.29 is 4.79 Å². The maximum atomic E-state index is 12.5. The standard InChI is InChI=1S/C21H26ClN3O.ClH/c1-4-24-9-11-25(12-10-24)20-8-7-18(14-19(20)22)23-21(26)17-6-5-15(2)16(3)13-17;/h5-8,13-14H,4,9-12H2,1-3H3,(H,23,26);1H. The van der Waals surface area contributed by atoms with Crippen molar-refractivity contribution in [3.8, 4) is 0 Å². The Kier molecular flexibility index (Phi) is 7.54. The number of nitrogens with one attached hydrogen (secondary N) is 1. The Hall–Kier alpha value is -1.75. The van der Waals surface area contributed by atoms with Crippen LogP contribution in [-0.4, -0.2) is 43.5 Å². The molecule has 27 heavy (non-hydrogen) atoms. The summed E-state index contributed by atoms with van der Waals surface area (Å²) in [5.74, 6) is -0.117. The van der Waals surface area contributed by atoms with E-state index in [-0.39, 0.29) is 18.3 Å². The lowest BCUT2D eigenvalue weighted by molar-refractivity contribution is 0.102. The number of rotatable bonds is 4. The fourth-order valence-electron chi connectivity index (χ4n) is 3.23. The number of nitrogens with zero attached hydrogens (tertiary/aromatic N) is 2. The molecule has 1 aliphatic heterocycles. The third-order valence-electron chi connectivity index (χ3n) is 5.13. The van der Waals surface area contributed by atoms with Crippen LogP contribution < -0.4 is 10.2 Å². The zero-order chi connectivity index (χ0) is 18.7. The monoisotopic (exact) mass is 407 g/mol. The van der Waals surface area contributed by atoms with E-state index in [0.717, 1.165) is 44.0 Å². The summed E-state index contributed by atoms with van der Waals surface area (Å²) >= 11 is 6.50. The van der Waals surface area contributed by atoms with Crippen LogP contribution in [0.25, 0.3) is 0 Å². The van der Waals surface area contributed by atoms with Crippen LogP contribution in [0, 0.1) is 13.8 Å². The fraction of sp³-hybridized carbons (Fsp3) is 0.381. The van der Waals surface area contributed by atoms with E-state index in [9.17, 15) is 4.79 Å². The molecule has 1 amide bonds. The molecular formula is C21H27Cl2N3O. The zero-order valence-corrected chi connectivity index (χ0v) is 17.7. The van der Waals surface area contributed by atoms with Gasteiger partial charge in [0.15, 0.2) is 0 Å². The normalized spacial score (nSPS) is 14.6. The number of hydrogen-bond donors (Lipinski definition) is 1. The van der Waals surface area contributed by atoms with Gasteiger partial charge in [0, 0.05) is 37.4 Å². The average Bonchev–Trinajstić information content (AvgIpc) is 2.64. The molecular weight excluding hydrogens is 381 g/mol. The number of carbonyl (C=O) groups is 1. The summed E-state index contributed by atoms with van der Waals surface area (Å²) < 4.78 is 0. The maximum absolute atomic E-state index is 12.5. The Bertz CT molecular complexity index is 802. The molecule has 4 nitrogen and oxygen atoms in total. The first-order valence-electron chi connectivity index (χ1n) is 9.13. The number of carbonyl (C=O) groups excluding carboxylic acids is 1. The van der Waals surface area contributed by atoms with Crippen LogP contribution in [0.3, 0.4) is 0 Å². The summed E-state index contributed by atoms with van der Waals surface area (Å²) in [6, 6.07) is 11.5. The Morgan fingerprint density at radius 3 is 2.33 bits per heavy atom. The van der Waals surface area contributed by atoms with E-state index in [2.05, 4.69) is 22.0 Å². The van der Waals surface area contributed by atoms with Crippen molar-refractivity contribution >= 4 is 41.3 Å². The topological polar surface area (TPSA) is 35.6 Å². The van der Waals surface area contributed by atoms with Crippen molar-refractivity contribution in [2.45, 2.75) is 20.8 Å². The van der Waals surface area contributed by atoms with Gasteiger partial charge in [0.05, 0.1) is 10.7 Å². The number of anilines is 2. The Morgan fingerprint density at radius 2 is 1.74 bits per heavy atom. The van der Waals surface area contributed by atoms with Crippen molar-refractivity contribution in [1.29, 1.82) is 0 Å². The van der Waals surface area contributed by atoms with Gasteiger partial charge in [-0.3, -0.25) is 4.79 Å². The van der Waals surface area contributed by atoms with Gasteiger partial charge in [0.25, 0.3) is 5.91 Å². The van der Waals surface area contributed by atoms with Gasteiger partial charge in [-0.05, 0) is 61.9 Å². The minimum absolute atomic E-state index is 0. The van der Waals surface area contributed by atoms with Crippen LogP contribution in [0.15, 0.2) is 36.4 Å². The van der Waals surface area contributed by atoms with Crippen molar-refractivity contribution in [2.24, 2.45) is 0 Å². The van der Waals surface area contributed by atoms with Gasteiger partial charge in [-0.25, -0.2) is 0 Å². The number of amides is 1. The average molecular weight is 408 g/mol. The highest BCUT2D eigenvalue weighted by atomic mass is 35.5. The van der Waals surface area contributed by atoms with Gasteiger partial charge in [-0.2, -0.15) is 0 Å². The smallest absolute Gasteiger partial charge is 0.255 e. The highest BCUT2D eigenvalue weighted by Gasteiger charge is 2.18.